The minimum atomic E-state index is 0.590. The molecule has 0 heterocycles. The molecule has 6 atom stereocenters. The van der Waals surface area contributed by atoms with Crippen LogP contribution in [0, 0.1) is 34.5 Å². The van der Waals surface area contributed by atoms with Gasteiger partial charge in [-0.15, -0.1) is 0 Å². The maximum atomic E-state index is 4.85. The van der Waals surface area contributed by atoms with Gasteiger partial charge >= 0.3 is 0 Å². The van der Waals surface area contributed by atoms with Crippen molar-refractivity contribution < 1.29 is 0 Å². The molecule has 0 bridgehead atoms. The zero-order chi connectivity index (χ0) is 18.3. The van der Waals surface area contributed by atoms with E-state index in [0.29, 0.717) is 10.8 Å². The first-order chi connectivity index (χ1) is 10.7. The first kappa shape index (κ1) is 23.0. The van der Waals surface area contributed by atoms with Crippen molar-refractivity contribution in [3.63, 3.8) is 0 Å². The molecule has 2 aliphatic rings. The predicted molar refractivity (Wildman–Crippen MR) is 107 cm³/mol. The summed E-state index contributed by atoms with van der Waals surface area (Å²) in [5, 5.41) is 0. The van der Waals surface area contributed by atoms with Crippen molar-refractivity contribution in [1.82, 2.24) is 0 Å². The van der Waals surface area contributed by atoms with Crippen LogP contribution in [0.15, 0.2) is 0 Å². The number of nitrogens with two attached hydrogens (primary N) is 1. The molecule has 23 heavy (non-hydrogen) atoms. The van der Waals surface area contributed by atoms with Crippen LogP contribution in [0.25, 0.3) is 0 Å². The van der Waals surface area contributed by atoms with Crippen LogP contribution < -0.4 is 5.73 Å². The second-order valence-corrected chi connectivity index (χ2v) is 8.63. The van der Waals surface area contributed by atoms with E-state index in [1.807, 2.05) is 20.8 Å². The molecule has 2 fully saturated rings. The zero-order valence-electron chi connectivity index (χ0n) is 17.8. The van der Waals surface area contributed by atoms with Gasteiger partial charge in [-0.1, -0.05) is 68.7 Å². The van der Waals surface area contributed by atoms with E-state index in [-0.39, 0.29) is 0 Å². The van der Waals surface area contributed by atoms with E-state index in [2.05, 4.69) is 41.5 Å². The van der Waals surface area contributed by atoms with Crippen LogP contribution in [0.2, 0.25) is 0 Å². The Morgan fingerprint density at radius 1 is 0.913 bits per heavy atom. The van der Waals surface area contributed by atoms with Crippen molar-refractivity contribution in [2.75, 3.05) is 6.54 Å². The topological polar surface area (TPSA) is 26.0 Å². The molecule has 0 aromatic carbocycles. The summed E-state index contributed by atoms with van der Waals surface area (Å²) < 4.78 is 0. The minimum Gasteiger partial charge on any atom is -0.331 e. The summed E-state index contributed by atoms with van der Waals surface area (Å²) in [7, 11) is 0. The highest BCUT2D eigenvalue weighted by atomic mass is 14.5. The summed E-state index contributed by atoms with van der Waals surface area (Å²) in [4.78, 5) is 0. The SMILES string of the molecule is CC.CCC1(C)CC(C)C2CCC(C)C2(C)CCC1C.CCN. The summed E-state index contributed by atoms with van der Waals surface area (Å²) in [6.07, 6.45) is 8.71. The van der Waals surface area contributed by atoms with E-state index in [0.717, 1.165) is 30.2 Å². The summed E-state index contributed by atoms with van der Waals surface area (Å²) in [6, 6.07) is 0. The maximum absolute atomic E-state index is 4.85. The molecule has 2 N–H and O–H groups in total. The third kappa shape index (κ3) is 5.21. The molecule has 2 saturated carbocycles. The number of hydrogen-bond acceptors (Lipinski definition) is 1. The Bertz CT molecular complexity index is 313. The second kappa shape index (κ2) is 10.1. The van der Waals surface area contributed by atoms with Crippen LogP contribution in [0.3, 0.4) is 0 Å². The molecule has 6 unspecified atom stereocenters. The average molecular weight is 326 g/mol. The largest absolute Gasteiger partial charge is 0.331 e. The number of rotatable bonds is 1. The van der Waals surface area contributed by atoms with Gasteiger partial charge in [-0.25, -0.2) is 0 Å². The molecular weight excluding hydrogens is 278 g/mol. The second-order valence-electron chi connectivity index (χ2n) is 8.63. The molecule has 140 valence electrons. The first-order valence-electron chi connectivity index (χ1n) is 10.4. The monoisotopic (exact) mass is 325 g/mol. The lowest BCUT2D eigenvalue weighted by atomic mass is 9.57. The van der Waals surface area contributed by atoms with Gasteiger partial charge in [0.15, 0.2) is 0 Å². The summed E-state index contributed by atoms with van der Waals surface area (Å²) in [6.45, 7) is 21.8. The number of hydrogen-bond donors (Lipinski definition) is 1. The van der Waals surface area contributed by atoms with Crippen LogP contribution in [0.1, 0.15) is 101 Å². The van der Waals surface area contributed by atoms with Crippen LogP contribution in [0.4, 0.5) is 0 Å². The Labute approximate surface area is 148 Å². The van der Waals surface area contributed by atoms with Crippen LogP contribution >= 0.6 is 0 Å². The van der Waals surface area contributed by atoms with E-state index < -0.39 is 0 Å². The molecule has 0 radical (unpaired) electrons. The fourth-order valence-electron chi connectivity index (χ4n) is 5.27. The van der Waals surface area contributed by atoms with E-state index in [4.69, 9.17) is 5.73 Å². The Morgan fingerprint density at radius 2 is 1.43 bits per heavy atom. The number of fused-ring (bicyclic) bond motifs is 1. The third-order valence-electron chi connectivity index (χ3n) is 7.47. The van der Waals surface area contributed by atoms with Gasteiger partial charge in [0.05, 0.1) is 0 Å². The highest BCUT2D eigenvalue weighted by Gasteiger charge is 2.49. The van der Waals surface area contributed by atoms with Crippen LogP contribution in [-0.4, -0.2) is 6.54 Å². The van der Waals surface area contributed by atoms with E-state index >= 15 is 0 Å². The normalized spacial score (nSPS) is 43.0. The molecule has 2 rings (SSSR count). The Balaban J connectivity index is 0.000000868. The van der Waals surface area contributed by atoms with Crippen molar-refractivity contribution in [2.24, 2.45) is 40.2 Å². The zero-order valence-corrected chi connectivity index (χ0v) is 17.8. The molecule has 0 spiro atoms. The fraction of sp³-hybridized carbons (Fsp3) is 1.00. The summed E-state index contributed by atoms with van der Waals surface area (Å²) >= 11 is 0. The standard InChI is InChI=1S/C18H34.C2H7N.C2H6/c1-7-17(5)12-13(2)16-9-8-15(4)18(16,6)11-10-14(17)3;1-2-3;1-2/h13-16H,7-12H2,1-6H3;2-3H2,1H3;1-2H3. The molecule has 2 aliphatic carbocycles. The molecule has 1 heteroatoms. The Hall–Kier alpha value is -0.0400. The maximum Gasteiger partial charge on any atom is -0.0106 e. The first-order valence-corrected chi connectivity index (χ1v) is 10.4. The van der Waals surface area contributed by atoms with Gasteiger partial charge in [0.1, 0.15) is 0 Å². The van der Waals surface area contributed by atoms with Crippen LogP contribution in [0.5, 0.6) is 0 Å². The molecule has 1 nitrogen and oxygen atoms in total. The van der Waals surface area contributed by atoms with E-state index in [1.54, 1.807) is 0 Å². The molecular formula is C22H47N. The van der Waals surface area contributed by atoms with E-state index in [9.17, 15) is 0 Å². The Kier molecular flexibility index (Phi) is 10.0. The Morgan fingerprint density at radius 3 is 1.91 bits per heavy atom. The van der Waals surface area contributed by atoms with Gasteiger partial charge in [0.2, 0.25) is 0 Å². The fourth-order valence-corrected chi connectivity index (χ4v) is 5.27. The van der Waals surface area contributed by atoms with Gasteiger partial charge in [0, 0.05) is 0 Å². The van der Waals surface area contributed by atoms with Gasteiger partial charge in [-0.3, -0.25) is 0 Å². The summed E-state index contributed by atoms with van der Waals surface area (Å²) in [5.74, 6) is 3.76. The lowest BCUT2D eigenvalue weighted by molar-refractivity contribution is 0.0191. The van der Waals surface area contributed by atoms with Crippen LogP contribution in [-0.2, 0) is 0 Å². The quantitative estimate of drug-likeness (QED) is 0.557. The van der Waals surface area contributed by atoms with Crippen molar-refractivity contribution >= 4 is 0 Å². The molecule has 0 saturated heterocycles. The average Bonchev–Trinajstić information content (AvgIpc) is 2.82. The predicted octanol–water partition coefficient (Wildman–Crippen LogP) is 6.90. The summed E-state index contributed by atoms with van der Waals surface area (Å²) in [5.41, 5.74) is 6.08. The van der Waals surface area contributed by atoms with Crippen molar-refractivity contribution in [3.05, 3.63) is 0 Å². The molecule has 0 aromatic rings. The van der Waals surface area contributed by atoms with Gasteiger partial charge in [-0.2, -0.15) is 0 Å². The smallest absolute Gasteiger partial charge is 0.0106 e. The third-order valence-corrected chi connectivity index (χ3v) is 7.47. The molecule has 0 aliphatic heterocycles. The molecule has 0 amide bonds. The van der Waals surface area contributed by atoms with Gasteiger partial charge in [0.25, 0.3) is 0 Å². The highest BCUT2D eigenvalue weighted by Crippen LogP contribution is 2.58. The molecule has 0 aromatic heterocycles. The van der Waals surface area contributed by atoms with E-state index in [1.165, 1.54) is 38.5 Å². The van der Waals surface area contributed by atoms with Crippen molar-refractivity contribution in [1.29, 1.82) is 0 Å². The highest BCUT2D eigenvalue weighted by molar-refractivity contribution is 4.99. The van der Waals surface area contributed by atoms with Gasteiger partial charge in [-0.05, 0) is 73.2 Å². The van der Waals surface area contributed by atoms with Gasteiger partial charge < -0.3 is 5.73 Å². The lowest BCUT2D eigenvalue weighted by Gasteiger charge is -2.48. The van der Waals surface area contributed by atoms with Crippen molar-refractivity contribution in [2.45, 2.75) is 101 Å². The van der Waals surface area contributed by atoms with Crippen molar-refractivity contribution in [3.8, 4) is 0 Å². The lowest BCUT2D eigenvalue weighted by Crippen LogP contribution is -2.39. The minimum absolute atomic E-state index is 0.590.